The van der Waals surface area contributed by atoms with Crippen LogP contribution in [-0.4, -0.2) is 35.0 Å². The molecule has 1 aliphatic rings. The zero-order valence-electron chi connectivity index (χ0n) is 18.3. The van der Waals surface area contributed by atoms with Gasteiger partial charge in [0.25, 0.3) is 6.43 Å². The summed E-state index contributed by atoms with van der Waals surface area (Å²) in [6.45, 7) is -0.763. The molecule has 8 nitrogen and oxygen atoms in total. The Balaban J connectivity index is 1.75. The van der Waals surface area contributed by atoms with Gasteiger partial charge in [-0.1, -0.05) is 5.16 Å². The highest BCUT2D eigenvalue weighted by molar-refractivity contribution is 7.88. The molecule has 0 radical (unpaired) electrons. The predicted molar refractivity (Wildman–Crippen MR) is 114 cm³/mol. The monoisotopic (exact) mass is 550 g/mol. The van der Waals surface area contributed by atoms with E-state index in [1.165, 1.54) is 0 Å². The van der Waals surface area contributed by atoms with Crippen LogP contribution in [-0.2, 0) is 22.5 Å². The van der Waals surface area contributed by atoms with Crippen molar-refractivity contribution in [2.45, 2.75) is 24.9 Å². The second-order valence-electron chi connectivity index (χ2n) is 8.34. The van der Waals surface area contributed by atoms with Gasteiger partial charge >= 0.3 is 11.6 Å². The van der Waals surface area contributed by atoms with Crippen LogP contribution in [0.3, 0.4) is 0 Å². The van der Waals surface area contributed by atoms with Crippen molar-refractivity contribution in [3.05, 3.63) is 69.7 Å². The van der Waals surface area contributed by atoms with Gasteiger partial charge in [0.05, 0.1) is 23.8 Å². The summed E-state index contributed by atoms with van der Waals surface area (Å²) in [4.78, 5) is 13.0. The Hall–Kier alpha value is -3.66. The second kappa shape index (κ2) is 8.17. The van der Waals surface area contributed by atoms with Crippen molar-refractivity contribution in [2.75, 3.05) is 6.26 Å². The predicted octanol–water partition coefficient (Wildman–Crippen LogP) is 3.83. The first-order valence-electron chi connectivity index (χ1n) is 10.2. The van der Waals surface area contributed by atoms with E-state index in [2.05, 4.69) is 5.16 Å². The highest BCUT2D eigenvalue weighted by Crippen LogP contribution is 2.41. The van der Waals surface area contributed by atoms with Crippen molar-refractivity contribution >= 4 is 21.0 Å². The molecule has 4 aromatic rings. The van der Waals surface area contributed by atoms with Crippen LogP contribution < -0.4 is 10.4 Å². The summed E-state index contributed by atoms with van der Waals surface area (Å²) in [5.74, 6) is -8.64. The molecule has 1 aliphatic heterocycles. The Morgan fingerprint density at radius 1 is 1.14 bits per heavy atom. The molecule has 0 spiro atoms. The largest absolute Gasteiger partial charge is 0.354 e. The van der Waals surface area contributed by atoms with E-state index in [0.29, 0.717) is 39.8 Å². The quantitative estimate of drug-likeness (QED) is 0.381. The van der Waals surface area contributed by atoms with Gasteiger partial charge in [-0.2, -0.15) is 8.78 Å². The third kappa shape index (κ3) is 3.99. The van der Waals surface area contributed by atoms with Crippen LogP contribution in [0.5, 0.6) is 0 Å². The molecule has 5 rings (SSSR count). The van der Waals surface area contributed by atoms with E-state index in [1.54, 1.807) is 4.72 Å². The summed E-state index contributed by atoms with van der Waals surface area (Å²) >= 11 is 0. The van der Waals surface area contributed by atoms with Gasteiger partial charge in [-0.3, -0.25) is 4.57 Å². The molecule has 0 amide bonds. The summed E-state index contributed by atoms with van der Waals surface area (Å²) in [7, 11) is -4.07. The molecule has 1 atom stereocenters. The van der Waals surface area contributed by atoms with Crippen LogP contribution in [0.25, 0.3) is 27.9 Å². The van der Waals surface area contributed by atoms with E-state index in [1.807, 2.05) is 0 Å². The van der Waals surface area contributed by atoms with Crippen molar-refractivity contribution in [2.24, 2.45) is 0 Å². The van der Waals surface area contributed by atoms with Gasteiger partial charge in [0.2, 0.25) is 10.0 Å². The van der Waals surface area contributed by atoms with Gasteiger partial charge in [-0.05, 0) is 12.1 Å². The molecule has 196 valence electrons. The lowest BCUT2D eigenvalue weighted by Gasteiger charge is -2.18. The number of hydrogen-bond acceptors (Lipinski definition) is 5. The first kappa shape index (κ1) is 25.0. The SMILES string of the molecule is CS(=O)(=O)N[C@@H]1Cn2c(cn(-c3noc4cc(C(F)F)cc(-c5c(F)cc(F)cc5F)c34)c2=O)C1(F)F. The van der Waals surface area contributed by atoms with Crippen molar-refractivity contribution in [3.8, 4) is 16.9 Å². The van der Waals surface area contributed by atoms with Gasteiger partial charge < -0.3 is 4.52 Å². The number of fused-ring (bicyclic) bond motifs is 2. The summed E-state index contributed by atoms with van der Waals surface area (Å²) in [6.07, 6.45) is -1.84. The number of sulfonamides is 1. The second-order valence-corrected chi connectivity index (χ2v) is 10.1. The van der Waals surface area contributed by atoms with Crippen LogP contribution in [0, 0.1) is 17.5 Å². The Labute approximate surface area is 201 Å². The molecule has 2 aromatic heterocycles. The standard InChI is InChI=1S/C21H13F7N4O4S/c1-37(34,35)30-14-6-31-15(21(14,27)28)7-32(20(31)33)19-17-10(16-11(23)4-9(22)5-12(16)24)2-8(18(25)26)3-13(17)36-29-19/h2-5,7,14,18,30H,6H2,1H3/t14-/m1/s1. The molecule has 0 unspecified atom stereocenters. The maximum absolute atomic E-state index is 14.9. The Morgan fingerprint density at radius 2 is 1.78 bits per heavy atom. The molecule has 2 aromatic carbocycles. The summed E-state index contributed by atoms with van der Waals surface area (Å²) < 4.78 is 130. The first-order chi connectivity index (χ1) is 17.2. The average Bonchev–Trinajstić information content (AvgIpc) is 3.39. The smallest absolute Gasteiger partial charge is 0.334 e. The zero-order valence-corrected chi connectivity index (χ0v) is 19.1. The molecule has 3 heterocycles. The Bertz CT molecular complexity index is 1720. The minimum absolute atomic E-state index is 0.307. The highest BCUT2D eigenvalue weighted by Gasteiger charge is 2.52. The lowest BCUT2D eigenvalue weighted by molar-refractivity contribution is -0.0248. The highest BCUT2D eigenvalue weighted by atomic mass is 32.2. The number of alkyl halides is 4. The average molecular weight is 550 g/mol. The molecular weight excluding hydrogens is 537 g/mol. The molecule has 0 fully saturated rings. The van der Waals surface area contributed by atoms with Gasteiger partial charge in [0.1, 0.15) is 29.2 Å². The van der Waals surface area contributed by atoms with E-state index in [0.717, 1.165) is 6.07 Å². The number of imidazole rings is 1. The van der Waals surface area contributed by atoms with Crippen LogP contribution in [0.4, 0.5) is 30.7 Å². The van der Waals surface area contributed by atoms with Crippen molar-refractivity contribution in [1.82, 2.24) is 19.0 Å². The van der Waals surface area contributed by atoms with Crippen molar-refractivity contribution in [1.29, 1.82) is 0 Å². The topological polar surface area (TPSA) is 99.1 Å². The number of halogens is 7. The van der Waals surface area contributed by atoms with E-state index in [4.69, 9.17) is 4.52 Å². The van der Waals surface area contributed by atoms with Crippen LogP contribution in [0.1, 0.15) is 17.7 Å². The number of rotatable bonds is 5. The first-order valence-corrected chi connectivity index (χ1v) is 12.1. The maximum atomic E-state index is 14.9. The third-order valence-corrected chi connectivity index (χ3v) is 6.53. The Morgan fingerprint density at radius 3 is 2.35 bits per heavy atom. The van der Waals surface area contributed by atoms with Gasteiger partial charge in [-0.15, -0.1) is 0 Å². The van der Waals surface area contributed by atoms with E-state index < -0.39 is 97.3 Å². The fourth-order valence-electron chi connectivity index (χ4n) is 4.28. The number of nitrogens with one attached hydrogen (secondary N) is 1. The minimum Gasteiger partial charge on any atom is -0.354 e. The molecule has 37 heavy (non-hydrogen) atoms. The van der Waals surface area contributed by atoms with Crippen molar-refractivity contribution < 1.29 is 43.7 Å². The number of hydrogen-bond donors (Lipinski definition) is 1. The lowest BCUT2D eigenvalue weighted by atomic mass is 9.97. The fraction of sp³-hybridized carbons (Fsp3) is 0.238. The van der Waals surface area contributed by atoms with E-state index >= 15 is 0 Å². The summed E-state index contributed by atoms with van der Waals surface area (Å²) in [5, 5.41) is 3.19. The summed E-state index contributed by atoms with van der Waals surface area (Å²) in [5.41, 5.74) is -4.80. The normalized spacial score (nSPS) is 17.2. The minimum atomic E-state index is -4.07. The summed E-state index contributed by atoms with van der Waals surface area (Å²) in [6, 6.07) is 0.111. The van der Waals surface area contributed by atoms with Crippen molar-refractivity contribution in [3.63, 3.8) is 0 Å². The number of nitrogens with zero attached hydrogens (tertiary/aromatic N) is 3. The Kier molecular flexibility index (Phi) is 5.52. The maximum Gasteiger partial charge on any atom is 0.334 e. The van der Waals surface area contributed by atoms with Crippen LogP contribution in [0.15, 0.2) is 39.8 Å². The van der Waals surface area contributed by atoms with Gasteiger partial charge in [0.15, 0.2) is 11.4 Å². The molecule has 1 N–H and O–H groups in total. The van der Waals surface area contributed by atoms with E-state index in [-0.39, 0.29) is 0 Å². The van der Waals surface area contributed by atoms with Crippen LogP contribution in [0.2, 0.25) is 0 Å². The third-order valence-electron chi connectivity index (χ3n) is 5.81. The molecule has 0 aliphatic carbocycles. The van der Waals surface area contributed by atoms with Gasteiger partial charge in [-0.25, -0.2) is 44.5 Å². The van der Waals surface area contributed by atoms with E-state index in [9.17, 15) is 43.9 Å². The van der Waals surface area contributed by atoms with Crippen LogP contribution >= 0.6 is 0 Å². The molecule has 16 heteroatoms. The molecule has 0 saturated heterocycles. The number of benzene rings is 2. The fourth-order valence-corrected chi connectivity index (χ4v) is 5.02. The molecule has 0 bridgehead atoms. The molecule has 0 saturated carbocycles. The van der Waals surface area contributed by atoms with Gasteiger partial charge in [0, 0.05) is 29.5 Å². The number of aromatic nitrogens is 3. The zero-order chi connectivity index (χ0) is 27.0. The lowest BCUT2D eigenvalue weighted by Crippen LogP contribution is -2.44. The molecular formula is C21H13F7N4O4S.